The number of esters is 1. The van der Waals surface area contributed by atoms with Crippen molar-refractivity contribution in [3.63, 3.8) is 0 Å². The topological polar surface area (TPSA) is 153 Å². The van der Waals surface area contributed by atoms with Crippen molar-refractivity contribution >= 4 is 18.2 Å². The number of alkyl carbamates (subject to hydrolysis) is 2. The van der Waals surface area contributed by atoms with Crippen LogP contribution in [0.4, 0.5) is 9.59 Å². The molecule has 57 heavy (non-hydrogen) atoms. The van der Waals surface area contributed by atoms with Gasteiger partial charge in [0, 0.05) is 12.0 Å². The fraction of sp³-hybridized carbons (Fsp3) is 0.935. The molecule has 328 valence electrons. The summed E-state index contributed by atoms with van der Waals surface area (Å²) in [4.78, 5) is 39.1. The van der Waals surface area contributed by atoms with Crippen molar-refractivity contribution in [1.82, 2.24) is 10.6 Å². The number of aliphatic hydroxyl groups excluding tert-OH is 1. The first kappa shape index (κ1) is 46.0. The van der Waals surface area contributed by atoms with Crippen LogP contribution in [0.3, 0.4) is 0 Å². The van der Waals surface area contributed by atoms with Gasteiger partial charge in [0.2, 0.25) is 0 Å². The van der Waals surface area contributed by atoms with Crippen molar-refractivity contribution in [2.45, 2.75) is 221 Å². The molecule has 0 aromatic rings. The number of carbonyl (C=O) groups is 3. The fourth-order valence-electron chi connectivity index (χ4n) is 13.2. The number of fused-ring (bicyclic) bond motifs is 5. The van der Waals surface area contributed by atoms with Gasteiger partial charge in [0.25, 0.3) is 0 Å². The monoisotopic (exact) mass is 805 g/mol. The van der Waals surface area contributed by atoms with Crippen LogP contribution in [-0.2, 0) is 23.7 Å². The van der Waals surface area contributed by atoms with Gasteiger partial charge in [-0.2, -0.15) is 0 Å². The van der Waals surface area contributed by atoms with Gasteiger partial charge in [-0.15, -0.1) is 0 Å². The summed E-state index contributed by atoms with van der Waals surface area (Å²) in [6.45, 7) is 29.0. The molecule has 1 aliphatic heterocycles. The lowest BCUT2D eigenvalue weighted by molar-refractivity contribution is -0.251. The van der Waals surface area contributed by atoms with Crippen LogP contribution in [0.15, 0.2) is 0 Å². The van der Waals surface area contributed by atoms with Crippen LogP contribution in [0.2, 0.25) is 0 Å². The number of amides is 2. The molecule has 4 aliphatic carbocycles. The molecule has 2 amide bonds. The van der Waals surface area contributed by atoms with Crippen LogP contribution in [0.25, 0.3) is 0 Å². The third-order valence-electron chi connectivity index (χ3n) is 16.0. The number of rotatable bonds is 10. The first-order chi connectivity index (χ1) is 26.0. The number of hydrogen-bond acceptors (Lipinski definition) is 9. The summed E-state index contributed by atoms with van der Waals surface area (Å²) in [5.74, 6) is 0.504. The van der Waals surface area contributed by atoms with Gasteiger partial charge in [-0.25, -0.2) is 14.4 Å². The minimum atomic E-state index is -0.898. The van der Waals surface area contributed by atoms with Crippen LogP contribution in [0, 0.1) is 45.3 Å². The number of carbonyl (C=O) groups excluding carboxylic acids is 3. The van der Waals surface area contributed by atoms with Gasteiger partial charge in [0.05, 0.1) is 23.4 Å². The zero-order chi connectivity index (χ0) is 42.8. The Labute approximate surface area is 344 Å². The van der Waals surface area contributed by atoms with E-state index in [0.717, 1.165) is 51.4 Å². The highest BCUT2D eigenvalue weighted by Crippen LogP contribution is 2.76. The molecule has 5 fully saturated rings. The summed E-state index contributed by atoms with van der Waals surface area (Å²) in [5, 5.41) is 28.7. The van der Waals surface area contributed by atoms with E-state index in [1.165, 1.54) is 0 Å². The van der Waals surface area contributed by atoms with E-state index in [2.05, 4.69) is 52.2 Å². The minimum absolute atomic E-state index is 0.0296. The molecule has 0 radical (unpaired) electrons. The molecular formula is C46H80N2O9. The highest BCUT2D eigenvalue weighted by Gasteiger charge is 2.72. The van der Waals surface area contributed by atoms with Gasteiger partial charge in [0.1, 0.15) is 23.3 Å². The van der Waals surface area contributed by atoms with Crippen molar-refractivity contribution < 1.29 is 43.5 Å². The predicted octanol–water partition coefficient (Wildman–Crippen LogP) is 8.85. The molecule has 12 atom stereocenters. The molecule has 0 bridgehead atoms. The molecule has 1 saturated heterocycles. The minimum Gasteiger partial charge on any atom is -0.460 e. The van der Waals surface area contributed by atoms with Crippen LogP contribution in [0.5, 0.6) is 0 Å². The number of nitrogens with one attached hydrogen (secondary N) is 2. The summed E-state index contributed by atoms with van der Waals surface area (Å²) >= 11 is 0. The quantitative estimate of drug-likeness (QED) is 0.0964. The van der Waals surface area contributed by atoms with Gasteiger partial charge >= 0.3 is 18.2 Å². The average molecular weight is 805 g/mol. The third kappa shape index (κ3) is 9.16. The first-order valence-electron chi connectivity index (χ1n) is 22.2. The van der Waals surface area contributed by atoms with Crippen LogP contribution in [-0.4, -0.2) is 81.7 Å². The Morgan fingerprint density at radius 2 is 1.39 bits per heavy atom. The van der Waals surface area contributed by atoms with Gasteiger partial charge in [-0.1, -0.05) is 34.6 Å². The SMILES string of the molecule is CC(C)(C)OC(=O)NCCCC[C@H](NC(=O)OC(C)(C)C)C(=O)O[C@H]1CC[C@]2(C)[C@H]3C[C@@H](O)[C@@H]4[C@@H]([C@]5(C)CC[C@@H](C(C)(C)O)O5)CC[C@@]4(C)[C@]3(C)CC[C@H]2C1(C)C. The molecule has 0 aromatic carbocycles. The molecule has 5 rings (SSSR count). The molecular weight excluding hydrogens is 725 g/mol. The summed E-state index contributed by atoms with van der Waals surface area (Å²) in [7, 11) is 0. The Morgan fingerprint density at radius 1 is 0.772 bits per heavy atom. The second-order valence-electron chi connectivity index (χ2n) is 23.0. The maximum absolute atomic E-state index is 14.1. The van der Waals surface area contributed by atoms with E-state index in [9.17, 15) is 24.6 Å². The van der Waals surface area contributed by atoms with E-state index in [1.54, 1.807) is 20.8 Å². The Bertz CT molecular complexity index is 1480. The highest BCUT2D eigenvalue weighted by atomic mass is 16.6. The summed E-state index contributed by atoms with van der Waals surface area (Å²) in [6.07, 6.45) is 7.63. The molecule has 4 saturated carbocycles. The number of ether oxygens (including phenoxy) is 4. The van der Waals surface area contributed by atoms with Crippen molar-refractivity contribution in [2.75, 3.05) is 6.54 Å². The molecule has 0 spiro atoms. The zero-order valence-electron chi connectivity index (χ0n) is 38.1. The largest absolute Gasteiger partial charge is 0.460 e. The average Bonchev–Trinajstić information content (AvgIpc) is 3.64. The van der Waals surface area contributed by atoms with Crippen molar-refractivity contribution in [3.05, 3.63) is 0 Å². The van der Waals surface area contributed by atoms with Gasteiger partial charge < -0.3 is 39.8 Å². The molecule has 4 N–H and O–H groups in total. The Balaban J connectivity index is 1.28. The highest BCUT2D eigenvalue weighted by molar-refractivity contribution is 5.81. The summed E-state index contributed by atoms with van der Waals surface area (Å²) in [5.41, 5.74) is -3.00. The van der Waals surface area contributed by atoms with Gasteiger partial charge in [0.15, 0.2) is 0 Å². The fourth-order valence-corrected chi connectivity index (χ4v) is 13.2. The van der Waals surface area contributed by atoms with E-state index in [-0.39, 0.29) is 57.2 Å². The Kier molecular flexibility index (Phi) is 12.7. The van der Waals surface area contributed by atoms with E-state index in [1.807, 2.05) is 34.6 Å². The Hall–Kier alpha value is -2.11. The van der Waals surface area contributed by atoms with Crippen molar-refractivity contribution in [3.8, 4) is 0 Å². The van der Waals surface area contributed by atoms with E-state index in [0.29, 0.717) is 38.1 Å². The Morgan fingerprint density at radius 3 is 1.98 bits per heavy atom. The maximum atomic E-state index is 14.1. The lowest BCUT2D eigenvalue weighted by Crippen LogP contribution is -2.67. The summed E-state index contributed by atoms with van der Waals surface area (Å²) < 4.78 is 24.1. The molecule has 1 heterocycles. The maximum Gasteiger partial charge on any atom is 0.408 e. The normalized spacial score (nSPS) is 39.5. The lowest BCUT2D eigenvalue weighted by Gasteiger charge is -2.70. The molecule has 0 unspecified atom stereocenters. The third-order valence-corrected chi connectivity index (χ3v) is 16.0. The molecule has 5 aliphatic rings. The number of aliphatic hydroxyl groups is 2. The number of hydrogen-bond donors (Lipinski definition) is 4. The van der Waals surface area contributed by atoms with E-state index < -0.39 is 47.1 Å². The van der Waals surface area contributed by atoms with Crippen molar-refractivity contribution in [2.24, 2.45) is 45.3 Å². The lowest BCUT2D eigenvalue weighted by atomic mass is 9.35. The van der Waals surface area contributed by atoms with E-state index in [4.69, 9.17) is 18.9 Å². The second kappa shape index (κ2) is 15.7. The van der Waals surface area contributed by atoms with Crippen LogP contribution in [0.1, 0.15) is 174 Å². The van der Waals surface area contributed by atoms with Gasteiger partial charge in [-0.3, -0.25) is 0 Å². The molecule has 0 aromatic heterocycles. The second-order valence-corrected chi connectivity index (χ2v) is 23.0. The summed E-state index contributed by atoms with van der Waals surface area (Å²) in [6, 6.07) is -0.898. The zero-order valence-corrected chi connectivity index (χ0v) is 38.1. The standard InChI is InChI=1S/C46H80N2O9/c1-39(2,3)56-37(51)47-26-16-15-17-29(48-38(52)57-40(4,5)6)36(50)54-33-20-22-43(11)31(41(33,7)8)19-24-44(12)32(43)27-30(49)35-28(18-23-45(35,44)13)46(14)25-21-34(55-46)42(9,10)53/h28-35,49,53H,15-27H2,1-14H3,(H,47,51)(H,48,52)/t28-,29-,30+,31-,32+,33-,34-,35-,43-,44+,45+,46-/m0/s1. The van der Waals surface area contributed by atoms with E-state index >= 15 is 0 Å². The predicted molar refractivity (Wildman–Crippen MR) is 220 cm³/mol. The molecule has 11 heteroatoms. The molecule has 11 nitrogen and oxygen atoms in total. The first-order valence-corrected chi connectivity index (χ1v) is 22.2. The smallest absolute Gasteiger partial charge is 0.408 e. The van der Waals surface area contributed by atoms with Crippen LogP contribution < -0.4 is 10.6 Å². The van der Waals surface area contributed by atoms with Crippen molar-refractivity contribution in [1.29, 1.82) is 0 Å². The van der Waals surface area contributed by atoms with Gasteiger partial charge in [-0.05, 0) is 179 Å². The van der Waals surface area contributed by atoms with Crippen LogP contribution >= 0.6 is 0 Å². The number of unbranched alkanes of at least 4 members (excludes halogenated alkanes) is 1.